The van der Waals surface area contributed by atoms with E-state index in [1.165, 1.54) is 22.5 Å². The van der Waals surface area contributed by atoms with Crippen LogP contribution in [0.4, 0.5) is 0 Å². The van der Waals surface area contributed by atoms with Gasteiger partial charge in [0, 0.05) is 29.1 Å². The zero-order valence-corrected chi connectivity index (χ0v) is 11.8. The van der Waals surface area contributed by atoms with E-state index in [9.17, 15) is 4.79 Å². The van der Waals surface area contributed by atoms with E-state index in [2.05, 4.69) is 49.6 Å². The molecule has 2 aromatic rings. The number of hydrogen-bond acceptors (Lipinski definition) is 1. The molecule has 1 heterocycles. The van der Waals surface area contributed by atoms with Crippen LogP contribution in [0.5, 0.6) is 0 Å². The molecule has 0 aliphatic heterocycles. The number of benzene rings is 1. The van der Waals surface area contributed by atoms with Crippen molar-refractivity contribution in [3.63, 3.8) is 0 Å². The Kier molecular flexibility index (Phi) is 2.81. The van der Waals surface area contributed by atoms with Gasteiger partial charge in [0.2, 0.25) is 0 Å². The van der Waals surface area contributed by atoms with Crippen LogP contribution in [0.25, 0.3) is 5.69 Å². The van der Waals surface area contributed by atoms with Gasteiger partial charge in [-0.15, -0.1) is 0 Å². The zero-order chi connectivity index (χ0) is 13.6. The Morgan fingerprint density at radius 3 is 2.58 bits per heavy atom. The molecule has 0 atom stereocenters. The predicted octanol–water partition coefficient (Wildman–Crippen LogP) is 3.92. The van der Waals surface area contributed by atoms with E-state index in [1.807, 2.05) is 0 Å². The summed E-state index contributed by atoms with van der Waals surface area (Å²) in [7, 11) is 0. The number of carbonyl (C=O) groups excluding carboxylic acids is 1. The lowest BCUT2D eigenvalue weighted by atomic mass is 9.96. The third kappa shape index (κ3) is 1.92. The molecule has 0 bridgehead atoms. The fraction of sp³-hybridized carbons (Fsp3) is 0.353. The molecule has 3 rings (SSSR count). The van der Waals surface area contributed by atoms with Crippen molar-refractivity contribution in [2.45, 2.75) is 40.0 Å². The van der Waals surface area contributed by atoms with Crippen molar-refractivity contribution >= 4 is 5.78 Å². The van der Waals surface area contributed by atoms with Crippen molar-refractivity contribution in [2.24, 2.45) is 0 Å². The van der Waals surface area contributed by atoms with E-state index >= 15 is 0 Å². The molecule has 19 heavy (non-hydrogen) atoms. The van der Waals surface area contributed by atoms with Crippen molar-refractivity contribution in [2.75, 3.05) is 0 Å². The molecule has 0 radical (unpaired) electrons. The molecule has 98 valence electrons. The van der Waals surface area contributed by atoms with Gasteiger partial charge in [-0.2, -0.15) is 0 Å². The van der Waals surface area contributed by atoms with Gasteiger partial charge in [0.1, 0.15) is 0 Å². The van der Waals surface area contributed by atoms with Crippen LogP contribution in [-0.4, -0.2) is 10.4 Å². The molecule has 0 fully saturated rings. The Hall–Kier alpha value is -1.83. The molecule has 2 heteroatoms. The monoisotopic (exact) mass is 253 g/mol. The lowest BCUT2D eigenvalue weighted by Crippen LogP contribution is -2.13. The molecule has 2 nitrogen and oxygen atoms in total. The first-order chi connectivity index (χ1) is 9.08. The Bertz CT molecular complexity index is 664. The normalized spacial score (nSPS) is 14.6. The Morgan fingerprint density at radius 2 is 1.84 bits per heavy atom. The summed E-state index contributed by atoms with van der Waals surface area (Å²) in [5.74, 6) is 0.299. The average Bonchev–Trinajstić information content (AvgIpc) is 2.68. The SMILES string of the molecule is Cc1ccc(-n2c(C)cc3c2CCCC3=O)c(C)c1. The Morgan fingerprint density at radius 1 is 1.05 bits per heavy atom. The van der Waals surface area contributed by atoms with E-state index in [0.717, 1.165) is 24.1 Å². The maximum atomic E-state index is 12.0. The third-order valence-corrected chi connectivity index (χ3v) is 4.00. The first-order valence-electron chi connectivity index (χ1n) is 6.90. The van der Waals surface area contributed by atoms with Crippen LogP contribution < -0.4 is 0 Å². The van der Waals surface area contributed by atoms with Crippen molar-refractivity contribution in [1.29, 1.82) is 0 Å². The molecule has 1 aliphatic carbocycles. The van der Waals surface area contributed by atoms with Gasteiger partial charge in [0.15, 0.2) is 5.78 Å². The molecular formula is C17H19NO. The summed E-state index contributed by atoms with van der Waals surface area (Å²) in [5, 5.41) is 0. The maximum Gasteiger partial charge on any atom is 0.164 e. The van der Waals surface area contributed by atoms with Gasteiger partial charge in [0.25, 0.3) is 0 Å². The number of nitrogens with zero attached hydrogens (tertiary/aromatic N) is 1. The van der Waals surface area contributed by atoms with Gasteiger partial charge in [-0.05, 0) is 51.3 Å². The highest BCUT2D eigenvalue weighted by Crippen LogP contribution is 2.29. The second-order valence-corrected chi connectivity index (χ2v) is 5.55. The van der Waals surface area contributed by atoms with Crippen molar-refractivity contribution < 1.29 is 4.79 Å². The molecule has 0 spiro atoms. The highest BCUT2D eigenvalue weighted by atomic mass is 16.1. The predicted molar refractivity (Wildman–Crippen MR) is 77.2 cm³/mol. The van der Waals surface area contributed by atoms with Crippen molar-refractivity contribution in [3.05, 3.63) is 52.3 Å². The summed E-state index contributed by atoms with van der Waals surface area (Å²) in [5.41, 5.74) is 7.03. The molecule has 0 amide bonds. The Balaban J connectivity index is 2.23. The van der Waals surface area contributed by atoms with Crippen LogP contribution in [0.3, 0.4) is 0 Å². The molecule has 0 saturated heterocycles. The lowest BCUT2D eigenvalue weighted by Gasteiger charge is -2.18. The fourth-order valence-corrected chi connectivity index (χ4v) is 3.12. The first kappa shape index (κ1) is 12.2. The molecule has 1 aromatic carbocycles. The van der Waals surface area contributed by atoms with Gasteiger partial charge >= 0.3 is 0 Å². The number of hydrogen-bond donors (Lipinski definition) is 0. The van der Waals surface area contributed by atoms with Gasteiger partial charge in [0.05, 0.1) is 0 Å². The summed E-state index contributed by atoms with van der Waals surface area (Å²) < 4.78 is 2.27. The van der Waals surface area contributed by atoms with Crippen LogP contribution in [-0.2, 0) is 6.42 Å². The number of aryl methyl sites for hydroxylation is 3. The summed E-state index contributed by atoms with van der Waals surface area (Å²) >= 11 is 0. The van der Waals surface area contributed by atoms with Crippen LogP contribution in [0.15, 0.2) is 24.3 Å². The molecule has 0 unspecified atom stereocenters. The smallest absolute Gasteiger partial charge is 0.164 e. The summed E-state index contributed by atoms with van der Waals surface area (Å²) in [6.45, 7) is 6.34. The van der Waals surface area contributed by atoms with Crippen LogP contribution in [0, 0.1) is 20.8 Å². The third-order valence-electron chi connectivity index (χ3n) is 4.00. The number of ketones is 1. The molecular weight excluding hydrogens is 234 g/mol. The topological polar surface area (TPSA) is 22.0 Å². The van der Waals surface area contributed by atoms with Gasteiger partial charge in [-0.3, -0.25) is 4.79 Å². The number of carbonyl (C=O) groups is 1. The van der Waals surface area contributed by atoms with Crippen molar-refractivity contribution in [1.82, 2.24) is 4.57 Å². The maximum absolute atomic E-state index is 12.0. The standard InChI is InChI=1S/C17H19NO/c1-11-7-8-15(12(2)9-11)18-13(3)10-14-16(18)5-4-6-17(14)19/h7-10H,4-6H2,1-3H3. The van der Waals surface area contributed by atoms with E-state index in [0.29, 0.717) is 12.2 Å². The van der Waals surface area contributed by atoms with Crippen LogP contribution in [0.1, 0.15) is 45.7 Å². The molecule has 1 aromatic heterocycles. The highest BCUT2D eigenvalue weighted by Gasteiger charge is 2.23. The fourth-order valence-electron chi connectivity index (χ4n) is 3.12. The van der Waals surface area contributed by atoms with Gasteiger partial charge < -0.3 is 4.57 Å². The average molecular weight is 253 g/mol. The summed E-state index contributed by atoms with van der Waals surface area (Å²) in [4.78, 5) is 12.0. The Labute approximate surface area is 114 Å². The van der Waals surface area contributed by atoms with E-state index < -0.39 is 0 Å². The van der Waals surface area contributed by atoms with Crippen molar-refractivity contribution in [3.8, 4) is 5.69 Å². The summed E-state index contributed by atoms with van der Waals surface area (Å²) in [6, 6.07) is 8.55. The second kappa shape index (κ2) is 4.37. The number of rotatable bonds is 1. The second-order valence-electron chi connectivity index (χ2n) is 5.55. The summed E-state index contributed by atoms with van der Waals surface area (Å²) in [6.07, 6.45) is 2.67. The minimum absolute atomic E-state index is 0.299. The van der Waals surface area contributed by atoms with E-state index in [4.69, 9.17) is 0 Å². The van der Waals surface area contributed by atoms with Gasteiger partial charge in [-0.25, -0.2) is 0 Å². The first-order valence-corrected chi connectivity index (χ1v) is 6.90. The quantitative estimate of drug-likeness (QED) is 0.755. The minimum Gasteiger partial charge on any atom is -0.317 e. The van der Waals surface area contributed by atoms with E-state index in [1.54, 1.807) is 0 Å². The van der Waals surface area contributed by atoms with Crippen LogP contribution >= 0.6 is 0 Å². The lowest BCUT2D eigenvalue weighted by molar-refractivity contribution is 0.0972. The molecule has 0 N–H and O–H groups in total. The highest BCUT2D eigenvalue weighted by molar-refractivity contribution is 5.98. The largest absolute Gasteiger partial charge is 0.317 e. The number of Topliss-reactive ketones (excluding diaryl/α,β-unsaturated/α-hetero) is 1. The van der Waals surface area contributed by atoms with E-state index in [-0.39, 0.29) is 0 Å². The number of fused-ring (bicyclic) bond motifs is 1. The molecule has 0 saturated carbocycles. The minimum atomic E-state index is 0.299. The molecule has 1 aliphatic rings. The van der Waals surface area contributed by atoms with Crippen LogP contribution in [0.2, 0.25) is 0 Å². The number of aromatic nitrogens is 1. The zero-order valence-electron chi connectivity index (χ0n) is 11.8. The van der Waals surface area contributed by atoms with Gasteiger partial charge in [-0.1, -0.05) is 17.7 Å².